The van der Waals surface area contributed by atoms with Gasteiger partial charge in [0, 0.05) is 0 Å². The number of nitrogens with zero attached hydrogens (tertiary/aromatic N) is 1. The van der Waals surface area contributed by atoms with E-state index in [9.17, 15) is 13.2 Å². The minimum atomic E-state index is -4.77. The van der Waals surface area contributed by atoms with Gasteiger partial charge in [0.05, 0.1) is 6.54 Å². The van der Waals surface area contributed by atoms with E-state index in [-0.39, 0.29) is 11.3 Å². The van der Waals surface area contributed by atoms with Crippen molar-refractivity contribution in [3.63, 3.8) is 0 Å². The Labute approximate surface area is 78.0 Å². The van der Waals surface area contributed by atoms with Crippen LogP contribution in [0.4, 0.5) is 13.2 Å². The van der Waals surface area contributed by atoms with Crippen molar-refractivity contribution in [3.8, 4) is 5.75 Å². The summed E-state index contributed by atoms with van der Waals surface area (Å²) in [5, 5.41) is 16.7. The molecule has 0 saturated heterocycles. The van der Waals surface area contributed by atoms with E-state index in [1.165, 1.54) is 24.3 Å². The molecular formula is C8H8F3NO2. The van der Waals surface area contributed by atoms with E-state index >= 15 is 0 Å². The first-order valence-electron chi connectivity index (χ1n) is 3.71. The quantitative estimate of drug-likeness (QED) is 0.576. The van der Waals surface area contributed by atoms with Crippen molar-refractivity contribution in [2.75, 3.05) is 0 Å². The van der Waals surface area contributed by atoms with Crippen molar-refractivity contribution in [3.05, 3.63) is 29.8 Å². The minimum absolute atomic E-state index is 0.0368. The van der Waals surface area contributed by atoms with E-state index in [4.69, 9.17) is 10.3 Å². The Bertz CT molecular complexity index is 296. The van der Waals surface area contributed by atoms with Gasteiger partial charge in [0.15, 0.2) is 0 Å². The van der Waals surface area contributed by atoms with Crippen LogP contribution in [0.1, 0.15) is 5.56 Å². The Balaban J connectivity index is 2.65. The molecule has 0 unspecified atom stereocenters. The van der Waals surface area contributed by atoms with Gasteiger partial charge in [-0.15, -0.1) is 0 Å². The molecule has 2 N–H and O–H groups in total. The third-order valence-corrected chi connectivity index (χ3v) is 1.56. The Morgan fingerprint density at radius 1 is 1.14 bits per heavy atom. The number of aromatic hydroxyl groups is 1. The number of hydroxylamine groups is 2. The summed E-state index contributed by atoms with van der Waals surface area (Å²) in [6.07, 6.45) is -4.77. The summed E-state index contributed by atoms with van der Waals surface area (Å²) < 4.78 is 35.5. The van der Waals surface area contributed by atoms with Crippen molar-refractivity contribution >= 4 is 0 Å². The standard InChI is InChI=1S/C8H8F3NO2/c9-8(10,11)12(14)5-6-1-3-7(13)4-2-6/h1-4,13-14H,5H2. The van der Waals surface area contributed by atoms with Crippen LogP contribution in [0.25, 0.3) is 0 Å². The molecule has 6 heteroatoms. The monoisotopic (exact) mass is 207 g/mol. The van der Waals surface area contributed by atoms with Gasteiger partial charge in [-0.1, -0.05) is 17.2 Å². The van der Waals surface area contributed by atoms with Gasteiger partial charge in [0.2, 0.25) is 0 Å². The Hall–Kier alpha value is -1.27. The van der Waals surface area contributed by atoms with Crippen molar-refractivity contribution in [2.24, 2.45) is 0 Å². The minimum Gasteiger partial charge on any atom is -0.508 e. The molecule has 0 radical (unpaired) electrons. The molecule has 1 rings (SSSR count). The van der Waals surface area contributed by atoms with Crippen molar-refractivity contribution < 1.29 is 23.5 Å². The molecule has 0 atom stereocenters. The SMILES string of the molecule is Oc1ccc(CN(O)C(F)(F)F)cc1. The fourth-order valence-corrected chi connectivity index (χ4v) is 0.864. The van der Waals surface area contributed by atoms with Crippen LogP contribution in [-0.2, 0) is 6.54 Å². The summed E-state index contributed by atoms with van der Waals surface area (Å²) in [5.74, 6) is -0.0368. The zero-order chi connectivity index (χ0) is 10.8. The number of halogens is 3. The fraction of sp³-hybridized carbons (Fsp3) is 0.250. The molecule has 0 aromatic heterocycles. The summed E-state index contributed by atoms with van der Waals surface area (Å²) in [6, 6.07) is 5.09. The average molecular weight is 207 g/mol. The molecule has 0 heterocycles. The summed E-state index contributed by atoms with van der Waals surface area (Å²) in [5.41, 5.74) is 0.252. The highest BCUT2D eigenvalue weighted by Gasteiger charge is 2.36. The van der Waals surface area contributed by atoms with Gasteiger partial charge in [0.1, 0.15) is 5.75 Å². The van der Waals surface area contributed by atoms with Gasteiger partial charge in [-0.25, -0.2) is 0 Å². The largest absolute Gasteiger partial charge is 0.508 e. The fourth-order valence-electron chi connectivity index (χ4n) is 0.864. The van der Waals surface area contributed by atoms with Gasteiger partial charge in [-0.3, -0.25) is 0 Å². The predicted molar refractivity (Wildman–Crippen MR) is 41.5 cm³/mol. The maximum absolute atomic E-state index is 11.8. The third kappa shape index (κ3) is 2.90. The summed E-state index contributed by atoms with van der Waals surface area (Å²) in [7, 11) is 0. The summed E-state index contributed by atoms with van der Waals surface area (Å²) >= 11 is 0. The van der Waals surface area contributed by atoms with E-state index in [0.29, 0.717) is 0 Å². The smallest absolute Gasteiger partial charge is 0.482 e. The molecule has 0 aliphatic carbocycles. The molecule has 0 spiro atoms. The Morgan fingerprint density at radius 3 is 2.07 bits per heavy atom. The van der Waals surface area contributed by atoms with Crippen LogP contribution in [0.3, 0.4) is 0 Å². The molecule has 3 nitrogen and oxygen atoms in total. The van der Waals surface area contributed by atoms with E-state index in [2.05, 4.69) is 0 Å². The summed E-state index contributed by atoms with van der Waals surface area (Å²) in [6.45, 7) is -0.663. The number of hydrogen-bond acceptors (Lipinski definition) is 3. The van der Waals surface area contributed by atoms with Crippen molar-refractivity contribution in [2.45, 2.75) is 12.8 Å². The molecule has 0 bridgehead atoms. The molecular weight excluding hydrogens is 199 g/mol. The first-order chi connectivity index (χ1) is 6.39. The maximum atomic E-state index is 11.8. The van der Waals surface area contributed by atoms with Gasteiger partial charge in [-0.05, 0) is 17.7 Å². The van der Waals surface area contributed by atoms with Gasteiger partial charge < -0.3 is 10.3 Å². The second-order valence-electron chi connectivity index (χ2n) is 2.69. The van der Waals surface area contributed by atoms with Crippen molar-refractivity contribution in [1.82, 2.24) is 5.06 Å². The lowest BCUT2D eigenvalue weighted by molar-refractivity contribution is -0.357. The van der Waals surface area contributed by atoms with Crippen LogP contribution < -0.4 is 0 Å². The highest BCUT2D eigenvalue weighted by atomic mass is 19.4. The molecule has 14 heavy (non-hydrogen) atoms. The van der Waals surface area contributed by atoms with E-state index < -0.39 is 17.9 Å². The third-order valence-electron chi connectivity index (χ3n) is 1.56. The first kappa shape index (κ1) is 10.8. The second kappa shape index (κ2) is 3.85. The first-order valence-corrected chi connectivity index (χ1v) is 3.71. The van der Waals surface area contributed by atoms with Gasteiger partial charge in [0.25, 0.3) is 0 Å². The van der Waals surface area contributed by atoms with E-state index in [0.717, 1.165) is 0 Å². The number of phenols is 1. The highest BCUT2D eigenvalue weighted by Crippen LogP contribution is 2.21. The van der Waals surface area contributed by atoms with Crippen LogP contribution in [0, 0.1) is 0 Å². The lowest BCUT2D eigenvalue weighted by atomic mass is 10.2. The molecule has 1 aromatic rings. The number of rotatable bonds is 2. The van der Waals surface area contributed by atoms with Gasteiger partial charge >= 0.3 is 6.30 Å². The van der Waals surface area contributed by atoms with Crippen LogP contribution in [-0.4, -0.2) is 21.7 Å². The zero-order valence-corrected chi connectivity index (χ0v) is 6.99. The van der Waals surface area contributed by atoms with Crippen LogP contribution in [0.2, 0.25) is 0 Å². The van der Waals surface area contributed by atoms with Crippen LogP contribution >= 0.6 is 0 Å². The normalized spacial score (nSPS) is 12.1. The molecule has 1 aromatic carbocycles. The number of benzene rings is 1. The zero-order valence-electron chi connectivity index (χ0n) is 6.99. The Morgan fingerprint density at radius 2 is 1.64 bits per heavy atom. The van der Waals surface area contributed by atoms with E-state index in [1.54, 1.807) is 0 Å². The average Bonchev–Trinajstić information content (AvgIpc) is 2.07. The molecule has 0 aliphatic rings. The summed E-state index contributed by atoms with van der Waals surface area (Å²) in [4.78, 5) is 0. The number of hydrogen-bond donors (Lipinski definition) is 2. The van der Waals surface area contributed by atoms with Gasteiger partial charge in [-0.2, -0.15) is 13.2 Å². The van der Waals surface area contributed by atoms with Crippen LogP contribution in [0.5, 0.6) is 5.75 Å². The second-order valence-corrected chi connectivity index (χ2v) is 2.69. The maximum Gasteiger partial charge on any atom is 0.482 e. The highest BCUT2D eigenvalue weighted by molar-refractivity contribution is 5.25. The topological polar surface area (TPSA) is 43.7 Å². The molecule has 0 amide bonds. The predicted octanol–water partition coefficient (Wildman–Crippen LogP) is 2.10. The number of alkyl halides is 3. The molecule has 0 fully saturated rings. The van der Waals surface area contributed by atoms with E-state index in [1.807, 2.05) is 0 Å². The van der Waals surface area contributed by atoms with Crippen molar-refractivity contribution in [1.29, 1.82) is 0 Å². The Kier molecular flexibility index (Phi) is 2.97. The molecule has 78 valence electrons. The molecule has 0 aliphatic heterocycles. The lowest BCUT2D eigenvalue weighted by Gasteiger charge is -2.17. The number of phenolic OH excluding ortho intramolecular Hbond substituents is 1. The van der Waals surface area contributed by atoms with Crippen LogP contribution in [0.15, 0.2) is 24.3 Å². The molecule has 0 saturated carbocycles. The lowest BCUT2D eigenvalue weighted by Crippen LogP contribution is -2.34.